The van der Waals surface area contributed by atoms with E-state index in [2.05, 4.69) is 35.6 Å². The molecule has 0 radical (unpaired) electrons. The molecule has 1 aromatic carbocycles. The van der Waals surface area contributed by atoms with Gasteiger partial charge in [0.2, 0.25) is 0 Å². The van der Waals surface area contributed by atoms with Crippen LogP contribution in [0, 0.1) is 11.8 Å². The first-order valence-corrected chi connectivity index (χ1v) is 5.21. The van der Waals surface area contributed by atoms with Crippen molar-refractivity contribution in [1.82, 2.24) is 5.32 Å². The third-order valence-corrected chi connectivity index (χ3v) is 3.43. The van der Waals surface area contributed by atoms with Crippen molar-refractivity contribution < 1.29 is 0 Å². The molecule has 1 saturated heterocycles. The molecule has 3 atom stereocenters. The molecule has 14 heavy (non-hydrogen) atoms. The van der Waals surface area contributed by atoms with Crippen molar-refractivity contribution in [2.24, 2.45) is 11.8 Å². The Bertz CT molecular complexity index is 298. The van der Waals surface area contributed by atoms with E-state index >= 15 is 0 Å². The maximum atomic E-state index is 3.60. The summed E-state index contributed by atoms with van der Waals surface area (Å²) in [7, 11) is 0. The van der Waals surface area contributed by atoms with Crippen molar-refractivity contribution in [3.63, 3.8) is 0 Å². The molecule has 1 N–H and O–H groups in total. The molecule has 3 rings (SSSR count). The zero-order valence-corrected chi connectivity index (χ0v) is 8.96. The number of hydrogen-bond donors (Lipinski definition) is 1. The lowest BCUT2D eigenvalue weighted by Crippen LogP contribution is -2.28. The molecule has 0 aromatic heterocycles. The summed E-state index contributed by atoms with van der Waals surface area (Å²) in [6.45, 7) is 1.27. The molecule has 0 spiro atoms. The molecule has 76 valence electrons. The van der Waals surface area contributed by atoms with Gasteiger partial charge >= 0.3 is 0 Å². The van der Waals surface area contributed by atoms with Crippen molar-refractivity contribution in [2.75, 3.05) is 6.54 Å². The van der Waals surface area contributed by atoms with E-state index < -0.39 is 0 Å². The van der Waals surface area contributed by atoms with E-state index in [1.165, 1.54) is 24.9 Å². The second-order valence-corrected chi connectivity index (χ2v) is 4.36. The second kappa shape index (κ2) is 3.92. The molecule has 1 aliphatic heterocycles. The molecule has 1 nitrogen and oxygen atoms in total. The normalized spacial score (nSPS) is 33.3. The molecule has 1 heterocycles. The van der Waals surface area contributed by atoms with Gasteiger partial charge in [0.15, 0.2) is 0 Å². The lowest BCUT2D eigenvalue weighted by molar-refractivity contribution is 0.531. The first-order valence-electron chi connectivity index (χ1n) is 5.21. The highest BCUT2D eigenvalue weighted by molar-refractivity contribution is 5.85. The predicted molar refractivity (Wildman–Crippen MR) is 60.8 cm³/mol. The topological polar surface area (TPSA) is 12.0 Å². The summed E-state index contributed by atoms with van der Waals surface area (Å²) < 4.78 is 0. The maximum absolute atomic E-state index is 3.60. The number of hydrogen-bond acceptors (Lipinski definition) is 1. The summed E-state index contributed by atoms with van der Waals surface area (Å²) in [5.74, 6) is 2.02. The Labute approximate surface area is 91.3 Å². The monoisotopic (exact) mass is 209 g/mol. The summed E-state index contributed by atoms with van der Waals surface area (Å²) in [6.07, 6.45) is 2.70. The quantitative estimate of drug-likeness (QED) is 0.788. The second-order valence-electron chi connectivity index (χ2n) is 4.36. The van der Waals surface area contributed by atoms with Gasteiger partial charge in [0.25, 0.3) is 0 Å². The van der Waals surface area contributed by atoms with Gasteiger partial charge in [0.05, 0.1) is 0 Å². The highest BCUT2D eigenvalue weighted by atomic mass is 35.5. The molecular formula is C12H16ClN. The summed E-state index contributed by atoms with van der Waals surface area (Å²) in [4.78, 5) is 0. The molecule has 0 bridgehead atoms. The zero-order chi connectivity index (χ0) is 8.67. The Balaban J connectivity index is 0.000000750. The summed E-state index contributed by atoms with van der Waals surface area (Å²) in [6, 6.07) is 11.6. The van der Waals surface area contributed by atoms with E-state index in [4.69, 9.17) is 0 Å². The largest absolute Gasteiger partial charge is 0.313 e. The number of rotatable bonds is 2. The van der Waals surface area contributed by atoms with Crippen molar-refractivity contribution in [3.8, 4) is 0 Å². The van der Waals surface area contributed by atoms with Gasteiger partial charge in [-0.3, -0.25) is 0 Å². The fraction of sp³-hybridized carbons (Fsp3) is 0.500. The van der Waals surface area contributed by atoms with Gasteiger partial charge in [-0.1, -0.05) is 30.3 Å². The Morgan fingerprint density at radius 3 is 2.57 bits per heavy atom. The number of fused-ring (bicyclic) bond motifs is 1. The highest BCUT2D eigenvalue weighted by Crippen LogP contribution is 2.45. The lowest BCUT2D eigenvalue weighted by Gasteiger charge is -2.12. The number of halogens is 1. The van der Waals surface area contributed by atoms with Crippen molar-refractivity contribution in [3.05, 3.63) is 35.9 Å². The van der Waals surface area contributed by atoms with Gasteiger partial charge in [-0.05, 0) is 36.8 Å². The van der Waals surface area contributed by atoms with Crippen LogP contribution in [0.15, 0.2) is 30.3 Å². The van der Waals surface area contributed by atoms with Crippen LogP contribution in [0.25, 0.3) is 0 Å². The van der Waals surface area contributed by atoms with E-state index in [0.29, 0.717) is 0 Å². The van der Waals surface area contributed by atoms with Crippen LogP contribution in [-0.4, -0.2) is 12.6 Å². The number of piperidine rings is 1. The van der Waals surface area contributed by atoms with E-state index in [1.54, 1.807) is 0 Å². The van der Waals surface area contributed by atoms with Crippen LogP contribution < -0.4 is 5.32 Å². The van der Waals surface area contributed by atoms with Gasteiger partial charge < -0.3 is 5.32 Å². The highest BCUT2D eigenvalue weighted by Gasteiger charge is 2.47. The van der Waals surface area contributed by atoms with Crippen LogP contribution in [0.2, 0.25) is 0 Å². The average Bonchev–Trinajstić information content (AvgIpc) is 2.86. The molecule has 1 aromatic rings. The smallest absolute Gasteiger partial charge is 0.0139 e. The Morgan fingerprint density at radius 2 is 2.00 bits per heavy atom. The Kier molecular flexibility index (Phi) is 2.80. The molecule has 2 aliphatic rings. The van der Waals surface area contributed by atoms with Gasteiger partial charge in [-0.25, -0.2) is 0 Å². The van der Waals surface area contributed by atoms with E-state index in [0.717, 1.165) is 17.9 Å². The minimum absolute atomic E-state index is 0. The maximum Gasteiger partial charge on any atom is 0.0139 e. The van der Waals surface area contributed by atoms with Crippen molar-refractivity contribution in [1.29, 1.82) is 0 Å². The molecule has 0 amide bonds. The third kappa shape index (κ3) is 1.79. The lowest BCUT2D eigenvalue weighted by atomic mass is 10.0. The van der Waals surface area contributed by atoms with Crippen LogP contribution in [0.5, 0.6) is 0 Å². The molecule has 1 saturated carbocycles. The van der Waals surface area contributed by atoms with Crippen molar-refractivity contribution >= 4 is 12.4 Å². The fourth-order valence-electron chi connectivity index (χ4n) is 2.54. The van der Waals surface area contributed by atoms with E-state index in [-0.39, 0.29) is 12.4 Å². The molecule has 3 unspecified atom stereocenters. The molecule has 2 fully saturated rings. The zero-order valence-electron chi connectivity index (χ0n) is 8.15. The first-order chi connectivity index (χ1) is 6.43. The fourth-order valence-corrected chi connectivity index (χ4v) is 2.54. The van der Waals surface area contributed by atoms with Crippen molar-refractivity contribution in [2.45, 2.75) is 18.9 Å². The first kappa shape index (κ1) is 10.0. The minimum atomic E-state index is 0. The van der Waals surface area contributed by atoms with Crippen LogP contribution in [0.3, 0.4) is 0 Å². The van der Waals surface area contributed by atoms with Gasteiger partial charge in [0, 0.05) is 6.04 Å². The van der Waals surface area contributed by atoms with E-state index in [9.17, 15) is 0 Å². The molecule has 1 aliphatic carbocycles. The van der Waals surface area contributed by atoms with Crippen LogP contribution in [-0.2, 0) is 6.42 Å². The standard InChI is InChI=1S/C12H15N.ClH/c1-2-4-9(5-3-1)6-12-11-7-10(11)8-13-12;/h1-5,10-13H,6-8H2;1H. The van der Waals surface area contributed by atoms with Gasteiger partial charge in [-0.2, -0.15) is 0 Å². The number of nitrogens with one attached hydrogen (secondary N) is 1. The average molecular weight is 210 g/mol. The van der Waals surface area contributed by atoms with Gasteiger partial charge in [0.1, 0.15) is 0 Å². The van der Waals surface area contributed by atoms with Crippen LogP contribution in [0.1, 0.15) is 12.0 Å². The SMILES string of the molecule is Cl.c1ccc(CC2NCC3CC32)cc1. The van der Waals surface area contributed by atoms with Crippen LogP contribution in [0.4, 0.5) is 0 Å². The summed E-state index contributed by atoms with van der Waals surface area (Å²) >= 11 is 0. The Morgan fingerprint density at radius 1 is 1.21 bits per heavy atom. The minimum Gasteiger partial charge on any atom is -0.313 e. The Hall–Kier alpha value is -0.530. The summed E-state index contributed by atoms with van der Waals surface area (Å²) in [5, 5.41) is 3.60. The molecule has 2 heteroatoms. The summed E-state index contributed by atoms with van der Waals surface area (Å²) in [5.41, 5.74) is 1.48. The number of benzene rings is 1. The van der Waals surface area contributed by atoms with Gasteiger partial charge in [-0.15, -0.1) is 12.4 Å². The van der Waals surface area contributed by atoms with Crippen LogP contribution >= 0.6 is 12.4 Å². The predicted octanol–water partition coefficient (Wildman–Crippen LogP) is 2.26. The molecular weight excluding hydrogens is 194 g/mol. The third-order valence-electron chi connectivity index (χ3n) is 3.43. The van der Waals surface area contributed by atoms with E-state index in [1.807, 2.05) is 0 Å².